The van der Waals surface area contributed by atoms with Crippen molar-refractivity contribution < 1.29 is 17.7 Å². The van der Waals surface area contributed by atoms with Crippen molar-refractivity contribution in [2.75, 3.05) is 7.11 Å². The Morgan fingerprint density at radius 1 is 1.21 bits per heavy atom. The molecule has 0 atom stereocenters. The van der Waals surface area contributed by atoms with Gasteiger partial charge in [0.15, 0.2) is 0 Å². The summed E-state index contributed by atoms with van der Waals surface area (Å²) in [5.74, 6) is 0.186. The van der Waals surface area contributed by atoms with Crippen LogP contribution in [0.5, 0.6) is 5.75 Å². The second kappa shape index (κ2) is 5.13. The lowest BCUT2D eigenvalue weighted by Crippen LogP contribution is -2.25. The predicted octanol–water partition coefficient (Wildman–Crippen LogP) is 3.16. The fourth-order valence-corrected chi connectivity index (χ4v) is 3.56. The maximum Gasteiger partial charge on any atom is 0.298 e. The van der Waals surface area contributed by atoms with Crippen molar-refractivity contribution >= 4 is 10.1 Å². The van der Waals surface area contributed by atoms with Crippen molar-refractivity contribution in [3.63, 3.8) is 0 Å². The van der Waals surface area contributed by atoms with Gasteiger partial charge in [0, 0.05) is 0 Å². The van der Waals surface area contributed by atoms with Crippen LogP contribution >= 0.6 is 0 Å². The zero-order valence-electron chi connectivity index (χ0n) is 11.3. The summed E-state index contributed by atoms with van der Waals surface area (Å²) in [4.78, 5) is -0.140. The Morgan fingerprint density at radius 2 is 1.84 bits per heavy atom. The molecule has 4 nitrogen and oxygen atoms in total. The van der Waals surface area contributed by atoms with Crippen LogP contribution in [0.4, 0.5) is 0 Å². The van der Waals surface area contributed by atoms with Gasteiger partial charge in [-0.15, -0.1) is 0 Å². The van der Waals surface area contributed by atoms with E-state index in [9.17, 15) is 13.0 Å². The third-order valence-corrected chi connectivity index (χ3v) is 4.97. The van der Waals surface area contributed by atoms with Gasteiger partial charge in [0.05, 0.1) is 7.11 Å². The maximum absolute atomic E-state index is 11.4. The van der Waals surface area contributed by atoms with Crippen LogP contribution in [0.3, 0.4) is 0 Å². The highest BCUT2D eigenvalue weighted by Gasteiger charge is 2.30. The Labute approximate surface area is 114 Å². The summed E-state index contributed by atoms with van der Waals surface area (Å²) in [5, 5.41) is 0. The number of methoxy groups -OCH3 is 1. The van der Waals surface area contributed by atoms with Gasteiger partial charge >= 0.3 is 0 Å². The van der Waals surface area contributed by atoms with E-state index in [1.807, 2.05) is 6.07 Å². The summed E-state index contributed by atoms with van der Waals surface area (Å²) in [6, 6.07) is 5.08. The monoisotopic (exact) mass is 284 g/mol. The topological polar surface area (TPSA) is 63.6 Å². The molecular weight excluding hydrogens is 264 g/mol. The van der Waals surface area contributed by atoms with Crippen LogP contribution in [-0.4, -0.2) is 20.1 Å². The van der Waals surface area contributed by atoms with Crippen molar-refractivity contribution in [3.8, 4) is 5.75 Å². The van der Waals surface area contributed by atoms with Crippen molar-refractivity contribution in [2.24, 2.45) is 0 Å². The van der Waals surface area contributed by atoms with Crippen LogP contribution in [0, 0.1) is 0 Å². The molecule has 19 heavy (non-hydrogen) atoms. The second-order valence-electron chi connectivity index (χ2n) is 5.46. The fourth-order valence-electron chi connectivity index (χ4n) is 2.87. The summed E-state index contributed by atoms with van der Waals surface area (Å²) in [6.07, 6.45) is 5.64. The normalized spacial score (nSPS) is 19.1. The Balaban J connectivity index is 2.49. The first-order valence-corrected chi connectivity index (χ1v) is 7.97. The molecule has 0 radical (unpaired) electrons. The number of ether oxygens (including phenoxy) is 1. The molecule has 0 spiro atoms. The van der Waals surface area contributed by atoms with Gasteiger partial charge in [-0.25, -0.2) is 0 Å². The van der Waals surface area contributed by atoms with Crippen LogP contribution in [0.1, 0.15) is 44.6 Å². The average molecular weight is 284 g/mol. The van der Waals surface area contributed by atoms with Crippen molar-refractivity contribution in [3.05, 3.63) is 23.8 Å². The molecule has 1 saturated carbocycles. The molecular formula is C14H20O4S. The first-order valence-electron chi connectivity index (χ1n) is 6.53. The van der Waals surface area contributed by atoms with E-state index < -0.39 is 10.1 Å². The molecule has 1 aromatic rings. The highest BCUT2D eigenvalue weighted by atomic mass is 32.2. The molecule has 5 heteroatoms. The molecule has 106 valence electrons. The van der Waals surface area contributed by atoms with Crippen molar-refractivity contribution in [1.82, 2.24) is 0 Å². The van der Waals surface area contributed by atoms with Gasteiger partial charge in [0.25, 0.3) is 10.1 Å². The minimum absolute atomic E-state index is 0.00996. The highest BCUT2D eigenvalue weighted by Crippen LogP contribution is 2.40. The zero-order valence-corrected chi connectivity index (χ0v) is 12.2. The van der Waals surface area contributed by atoms with Crippen molar-refractivity contribution in [1.29, 1.82) is 0 Å². The van der Waals surface area contributed by atoms with E-state index in [1.165, 1.54) is 13.5 Å². The Kier molecular flexibility index (Phi) is 3.87. The standard InChI is InChI=1S/C14H20O4S/c1-14(8-4-3-5-9-14)11-6-7-12(18-2)13(10-11)19(15,16)17/h6-7,10H,3-5,8-9H2,1-2H3,(H,15,16,17). The summed E-state index contributed by atoms with van der Waals surface area (Å²) < 4.78 is 37.2. The van der Waals surface area contributed by atoms with E-state index in [0.717, 1.165) is 31.2 Å². The molecule has 1 aliphatic rings. The van der Waals surface area contributed by atoms with Gasteiger partial charge in [-0.05, 0) is 36.0 Å². The van der Waals surface area contributed by atoms with E-state index in [1.54, 1.807) is 12.1 Å². The third-order valence-electron chi connectivity index (χ3n) is 4.10. The minimum atomic E-state index is -4.26. The van der Waals surface area contributed by atoms with Gasteiger partial charge in [-0.2, -0.15) is 8.42 Å². The maximum atomic E-state index is 11.4. The minimum Gasteiger partial charge on any atom is -0.495 e. The predicted molar refractivity (Wildman–Crippen MR) is 73.2 cm³/mol. The first-order chi connectivity index (χ1) is 8.87. The fraction of sp³-hybridized carbons (Fsp3) is 0.571. The largest absolute Gasteiger partial charge is 0.495 e. The third kappa shape index (κ3) is 2.92. The van der Waals surface area contributed by atoms with E-state index in [0.29, 0.717) is 0 Å². The Morgan fingerprint density at radius 3 is 2.37 bits per heavy atom. The lowest BCUT2D eigenvalue weighted by Gasteiger charge is -2.34. The van der Waals surface area contributed by atoms with Crippen LogP contribution in [0.25, 0.3) is 0 Å². The van der Waals surface area contributed by atoms with E-state index in [2.05, 4.69) is 6.92 Å². The SMILES string of the molecule is COc1ccc(C2(C)CCCCC2)cc1S(=O)(=O)O. The van der Waals surface area contributed by atoms with Gasteiger partial charge in [0.1, 0.15) is 10.6 Å². The molecule has 1 aromatic carbocycles. The van der Waals surface area contributed by atoms with Gasteiger partial charge in [-0.1, -0.05) is 32.3 Å². The number of benzene rings is 1. The Hall–Kier alpha value is -1.07. The number of hydrogen-bond donors (Lipinski definition) is 1. The second-order valence-corrected chi connectivity index (χ2v) is 6.85. The van der Waals surface area contributed by atoms with Crippen LogP contribution in [-0.2, 0) is 15.5 Å². The van der Waals surface area contributed by atoms with E-state index >= 15 is 0 Å². The zero-order chi connectivity index (χ0) is 14.1. The summed E-state index contributed by atoms with van der Waals surface area (Å²) >= 11 is 0. The molecule has 0 amide bonds. The average Bonchev–Trinajstić information content (AvgIpc) is 2.38. The van der Waals surface area contributed by atoms with E-state index in [4.69, 9.17) is 4.74 Å². The van der Waals surface area contributed by atoms with Crippen LogP contribution < -0.4 is 4.74 Å². The molecule has 0 aromatic heterocycles. The molecule has 1 N–H and O–H groups in total. The molecule has 2 rings (SSSR count). The van der Waals surface area contributed by atoms with Crippen molar-refractivity contribution in [2.45, 2.75) is 49.3 Å². The molecule has 0 heterocycles. The van der Waals surface area contributed by atoms with Gasteiger partial charge < -0.3 is 4.74 Å². The Bertz CT molecular complexity index is 557. The highest BCUT2D eigenvalue weighted by molar-refractivity contribution is 7.86. The summed E-state index contributed by atoms with van der Waals surface area (Å²) in [7, 11) is -2.86. The van der Waals surface area contributed by atoms with E-state index in [-0.39, 0.29) is 16.1 Å². The molecule has 1 aliphatic carbocycles. The van der Waals surface area contributed by atoms with Gasteiger partial charge in [0.2, 0.25) is 0 Å². The van der Waals surface area contributed by atoms with Gasteiger partial charge in [-0.3, -0.25) is 4.55 Å². The quantitative estimate of drug-likeness (QED) is 0.866. The van der Waals surface area contributed by atoms with Crippen LogP contribution in [0.2, 0.25) is 0 Å². The molecule has 0 saturated heterocycles. The smallest absolute Gasteiger partial charge is 0.298 e. The summed E-state index contributed by atoms with van der Waals surface area (Å²) in [6.45, 7) is 2.15. The van der Waals surface area contributed by atoms with Crippen LogP contribution in [0.15, 0.2) is 23.1 Å². The molecule has 0 unspecified atom stereocenters. The first kappa shape index (κ1) is 14.3. The lowest BCUT2D eigenvalue weighted by molar-refractivity contribution is 0.318. The molecule has 0 bridgehead atoms. The molecule has 1 fully saturated rings. The molecule has 0 aliphatic heterocycles. The lowest BCUT2D eigenvalue weighted by atomic mass is 9.71. The number of hydrogen-bond acceptors (Lipinski definition) is 3. The number of rotatable bonds is 3. The summed E-state index contributed by atoms with van der Waals surface area (Å²) in [5.41, 5.74) is 0.949.